The van der Waals surface area contributed by atoms with Gasteiger partial charge in [-0.05, 0) is 54.7 Å². The van der Waals surface area contributed by atoms with E-state index < -0.39 is 17.1 Å². The van der Waals surface area contributed by atoms with Crippen LogP contribution in [0, 0.1) is 5.92 Å². The van der Waals surface area contributed by atoms with E-state index >= 15 is 0 Å². The number of carbonyl (C=O) groups is 1. The van der Waals surface area contributed by atoms with Gasteiger partial charge >= 0.3 is 5.97 Å². The van der Waals surface area contributed by atoms with Gasteiger partial charge in [0.15, 0.2) is 5.76 Å². The summed E-state index contributed by atoms with van der Waals surface area (Å²) in [6.07, 6.45) is 1.42. The van der Waals surface area contributed by atoms with E-state index in [0.717, 1.165) is 12.0 Å². The molecule has 6 heteroatoms. The predicted molar refractivity (Wildman–Crippen MR) is 130 cm³/mol. The Hall–Kier alpha value is -4.06. The molecule has 0 radical (unpaired) electrons. The third kappa shape index (κ3) is 4.81. The first kappa shape index (κ1) is 23.1. The van der Waals surface area contributed by atoms with E-state index in [1.807, 2.05) is 25.1 Å². The highest BCUT2D eigenvalue weighted by atomic mass is 16.5. The number of aromatic hydroxyl groups is 2. The molecule has 0 aliphatic rings. The highest BCUT2D eigenvalue weighted by Crippen LogP contribution is 2.32. The molecule has 0 amide bonds. The topological polar surface area (TPSA) is 97.0 Å². The van der Waals surface area contributed by atoms with Crippen molar-refractivity contribution in [1.82, 2.24) is 0 Å². The van der Waals surface area contributed by atoms with Crippen LogP contribution < -0.4 is 10.2 Å². The molecule has 0 saturated heterocycles. The lowest BCUT2D eigenvalue weighted by Crippen LogP contribution is -2.20. The molecule has 4 aromatic rings. The quantitative estimate of drug-likeness (QED) is 0.261. The molecule has 174 valence electrons. The van der Waals surface area contributed by atoms with Gasteiger partial charge < -0.3 is 19.4 Å². The zero-order valence-electron chi connectivity index (χ0n) is 19.0. The molecule has 2 unspecified atom stereocenters. The molecule has 0 aliphatic heterocycles. The zero-order chi connectivity index (χ0) is 24.2. The molecule has 1 heterocycles. The number of rotatable bonds is 7. The van der Waals surface area contributed by atoms with Crippen molar-refractivity contribution in [3.8, 4) is 28.6 Å². The average molecular weight is 459 g/mol. The minimum absolute atomic E-state index is 0.0938. The van der Waals surface area contributed by atoms with Gasteiger partial charge in [0.25, 0.3) is 0 Å². The molecular weight excluding hydrogens is 432 g/mol. The van der Waals surface area contributed by atoms with Gasteiger partial charge in [-0.2, -0.15) is 0 Å². The van der Waals surface area contributed by atoms with E-state index in [1.165, 1.54) is 6.07 Å². The Balaban J connectivity index is 1.53. The van der Waals surface area contributed by atoms with Crippen molar-refractivity contribution < 1.29 is 24.2 Å². The van der Waals surface area contributed by atoms with Crippen molar-refractivity contribution in [3.63, 3.8) is 0 Å². The van der Waals surface area contributed by atoms with Gasteiger partial charge in [-0.25, -0.2) is 0 Å². The molecule has 34 heavy (non-hydrogen) atoms. The number of carbonyl (C=O) groups excluding carboxylic acids is 1. The predicted octanol–water partition coefficient (Wildman–Crippen LogP) is 6.00. The second kappa shape index (κ2) is 9.83. The molecule has 0 aliphatic carbocycles. The van der Waals surface area contributed by atoms with Gasteiger partial charge in [0.1, 0.15) is 17.1 Å². The molecule has 2 atom stereocenters. The normalized spacial score (nSPS) is 12.9. The van der Waals surface area contributed by atoms with Crippen LogP contribution >= 0.6 is 0 Å². The molecule has 2 N–H and O–H groups in total. The Bertz CT molecular complexity index is 1360. The molecule has 3 aromatic carbocycles. The Morgan fingerprint density at radius 2 is 1.71 bits per heavy atom. The molecule has 0 bridgehead atoms. The number of benzene rings is 3. The minimum Gasteiger partial charge on any atom is -0.508 e. The molecule has 0 fully saturated rings. The highest BCUT2D eigenvalue weighted by molar-refractivity contribution is 5.84. The highest BCUT2D eigenvalue weighted by Gasteiger charge is 2.22. The maximum atomic E-state index is 12.8. The summed E-state index contributed by atoms with van der Waals surface area (Å²) < 4.78 is 11.3. The lowest BCUT2D eigenvalue weighted by molar-refractivity contribution is -0.138. The van der Waals surface area contributed by atoms with Crippen LogP contribution in [0.3, 0.4) is 0 Å². The number of phenolic OH excluding ortho intramolecular Hbond substituents is 1. The fraction of sp³-hybridized carbons (Fsp3) is 0.214. The first-order valence-electron chi connectivity index (χ1n) is 11.2. The third-order valence-corrected chi connectivity index (χ3v) is 5.99. The third-order valence-electron chi connectivity index (χ3n) is 5.99. The van der Waals surface area contributed by atoms with Crippen LogP contribution in [-0.2, 0) is 4.79 Å². The van der Waals surface area contributed by atoms with Crippen molar-refractivity contribution in [3.05, 3.63) is 88.6 Å². The number of hydrogen-bond donors (Lipinski definition) is 2. The lowest BCUT2D eigenvalue weighted by atomic mass is 9.87. The van der Waals surface area contributed by atoms with E-state index in [9.17, 15) is 19.8 Å². The van der Waals surface area contributed by atoms with E-state index in [2.05, 4.69) is 0 Å². The number of ether oxygens (including phenoxy) is 1. The fourth-order valence-corrected chi connectivity index (χ4v) is 4.04. The average Bonchev–Trinajstić information content (AvgIpc) is 2.86. The van der Waals surface area contributed by atoms with Crippen LogP contribution in [0.15, 0.2) is 82.0 Å². The molecule has 0 saturated carbocycles. The second-order valence-electron chi connectivity index (χ2n) is 8.39. The summed E-state index contributed by atoms with van der Waals surface area (Å²) in [6.45, 7) is 3.85. The summed E-state index contributed by atoms with van der Waals surface area (Å²) in [6, 6.07) is 20.4. The lowest BCUT2D eigenvalue weighted by Gasteiger charge is -2.19. The monoisotopic (exact) mass is 458 g/mol. The standard InChI is InChI=1S/C28H26O6/c1-3-18(19-9-11-21(29)12-10-19)15-17(2)28(32)33-22-13-14-24-23(16-22)25(30)26(31)27(34-24)20-7-5-4-6-8-20/h4-14,16-18,29,31H,3,15H2,1-2H3. The van der Waals surface area contributed by atoms with Crippen LogP contribution in [0.5, 0.6) is 17.2 Å². The van der Waals surface area contributed by atoms with Crippen molar-refractivity contribution in [2.75, 3.05) is 0 Å². The molecule has 0 spiro atoms. The van der Waals surface area contributed by atoms with E-state index in [0.29, 0.717) is 12.0 Å². The summed E-state index contributed by atoms with van der Waals surface area (Å²) >= 11 is 0. The Kier molecular flexibility index (Phi) is 6.68. The van der Waals surface area contributed by atoms with E-state index in [1.54, 1.807) is 55.5 Å². The zero-order valence-corrected chi connectivity index (χ0v) is 19.0. The first-order valence-corrected chi connectivity index (χ1v) is 11.2. The summed E-state index contributed by atoms with van der Waals surface area (Å²) in [5.74, 6) is -0.646. The SMILES string of the molecule is CCC(CC(C)C(=O)Oc1ccc2oc(-c3ccccc3)c(O)c(=O)c2c1)c1ccc(O)cc1. The molecule has 6 nitrogen and oxygen atoms in total. The van der Waals surface area contributed by atoms with Gasteiger partial charge in [-0.1, -0.05) is 56.3 Å². The van der Waals surface area contributed by atoms with E-state index in [-0.39, 0.29) is 40.1 Å². The van der Waals surface area contributed by atoms with Gasteiger partial charge in [0.05, 0.1) is 11.3 Å². The Morgan fingerprint density at radius 1 is 1.00 bits per heavy atom. The Labute approximate surface area is 197 Å². The van der Waals surface area contributed by atoms with Crippen LogP contribution in [0.25, 0.3) is 22.3 Å². The molecule has 1 aromatic heterocycles. The van der Waals surface area contributed by atoms with Crippen LogP contribution in [0.4, 0.5) is 0 Å². The van der Waals surface area contributed by atoms with E-state index in [4.69, 9.17) is 9.15 Å². The summed E-state index contributed by atoms with van der Waals surface area (Å²) in [5, 5.41) is 20.1. The van der Waals surface area contributed by atoms with Gasteiger partial charge in [-0.3, -0.25) is 9.59 Å². The Morgan fingerprint density at radius 3 is 2.38 bits per heavy atom. The summed E-state index contributed by atoms with van der Waals surface area (Å²) in [4.78, 5) is 25.6. The smallest absolute Gasteiger partial charge is 0.314 e. The second-order valence-corrected chi connectivity index (χ2v) is 8.39. The van der Waals surface area contributed by atoms with Crippen molar-refractivity contribution in [1.29, 1.82) is 0 Å². The maximum absolute atomic E-state index is 12.8. The number of hydrogen-bond acceptors (Lipinski definition) is 6. The summed E-state index contributed by atoms with van der Waals surface area (Å²) in [5.41, 5.74) is 1.33. The summed E-state index contributed by atoms with van der Waals surface area (Å²) in [7, 11) is 0. The van der Waals surface area contributed by atoms with Crippen molar-refractivity contribution in [2.24, 2.45) is 5.92 Å². The fourth-order valence-electron chi connectivity index (χ4n) is 4.04. The number of esters is 1. The largest absolute Gasteiger partial charge is 0.508 e. The van der Waals surface area contributed by atoms with Gasteiger partial charge in [-0.15, -0.1) is 0 Å². The first-order chi connectivity index (χ1) is 16.4. The van der Waals surface area contributed by atoms with Crippen molar-refractivity contribution >= 4 is 16.9 Å². The van der Waals surface area contributed by atoms with Crippen LogP contribution in [-0.4, -0.2) is 16.2 Å². The van der Waals surface area contributed by atoms with Crippen LogP contribution in [0.1, 0.15) is 38.2 Å². The number of fused-ring (bicyclic) bond motifs is 1. The molecule has 4 rings (SSSR count). The minimum atomic E-state index is -0.593. The van der Waals surface area contributed by atoms with Gasteiger partial charge in [0.2, 0.25) is 11.2 Å². The van der Waals surface area contributed by atoms with Gasteiger partial charge in [0, 0.05) is 5.56 Å². The molecular formula is C28H26O6. The maximum Gasteiger partial charge on any atom is 0.314 e. The van der Waals surface area contributed by atoms with Crippen molar-refractivity contribution in [2.45, 2.75) is 32.6 Å². The number of phenols is 1. The van der Waals surface area contributed by atoms with Crippen LogP contribution in [0.2, 0.25) is 0 Å².